The summed E-state index contributed by atoms with van der Waals surface area (Å²) < 4.78 is 10.7. The Morgan fingerprint density at radius 3 is 2.56 bits per heavy atom. The topological polar surface area (TPSA) is 109 Å². The smallest absolute Gasteiger partial charge is 0.155 e. The second-order valence-electron chi connectivity index (χ2n) is 3.61. The van der Waals surface area contributed by atoms with Gasteiger partial charge in [0.05, 0.1) is 12.8 Å². The van der Waals surface area contributed by atoms with Crippen molar-refractivity contribution in [1.82, 2.24) is 4.98 Å². The molecule has 0 aliphatic carbocycles. The molecule has 18 heavy (non-hydrogen) atoms. The first-order valence-corrected chi connectivity index (χ1v) is 5.23. The van der Waals surface area contributed by atoms with Crippen molar-refractivity contribution in [1.29, 1.82) is 0 Å². The van der Waals surface area contributed by atoms with Gasteiger partial charge < -0.3 is 26.7 Å². The predicted octanol–water partition coefficient (Wildman–Crippen LogP) is 1.63. The number of nitrogens with two attached hydrogens (primary N) is 3. The Morgan fingerprint density at radius 2 is 1.83 bits per heavy atom. The van der Waals surface area contributed by atoms with E-state index < -0.39 is 0 Å². The van der Waals surface area contributed by atoms with Gasteiger partial charge in [0, 0.05) is 18.3 Å². The van der Waals surface area contributed by atoms with Crippen LogP contribution in [0.4, 0.5) is 17.2 Å². The fourth-order valence-corrected chi connectivity index (χ4v) is 1.44. The molecule has 1 heterocycles. The van der Waals surface area contributed by atoms with Gasteiger partial charge in [-0.3, -0.25) is 0 Å². The van der Waals surface area contributed by atoms with Crippen LogP contribution in [0.1, 0.15) is 0 Å². The van der Waals surface area contributed by atoms with Crippen molar-refractivity contribution in [2.45, 2.75) is 0 Å². The summed E-state index contributed by atoms with van der Waals surface area (Å²) in [5.74, 6) is 1.76. The van der Waals surface area contributed by atoms with Crippen LogP contribution < -0.4 is 26.7 Å². The van der Waals surface area contributed by atoms with E-state index in [-0.39, 0.29) is 5.82 Å². The molecule has 0 unspecified atom stereocenters. The Balaban J connectivity index is 2.31. The van der Waals surface area contributed by atoms with Gasteiger partial charge in [0.1, 0.15) is 23.0 Å². The predicted molar refractivity (Wildman–Crippen MR) is 70.5 cm³/mol. The van der Waals surface area contributed by atoms with Crippen molar-refractivity contribution in [3.63, 3.8) is 0 Å². The van der Waals surface area contributed by atoms with Gasteiger partial charge in [0.15, 0.2) is 5.75 Å². The third-order valence-corrected chi connectivity index (χ3v) is 2.41. The van der Waals surface area contributed by atoms with Crippen LogP contribution in [0.25, 0.3) is 0 Å². The fraction of sp³-hybridized carbons (Fsp3) is 0.0833. The zero-order valence-electron chi connectivity index (χ0n) is 9.88. The quantitative estimate of drug-likeness (QED) is 0.710. The third kappa shape index (κ3) is 2.22. The highest BCUT2D eigenvalue weighted by atomic mass is 16.5. The van der Waals surface area contributed by atoms with Crippen LogP contribution in [0.3, 0.4) is 0 Å². The summed E-state index contributed by atoms with van der Waals surface area (Å²) in [5.41, 5.74) is 17.9. The van der Waals surface area contributed by atoms with Crippen molar-refractivity contribution in [2.75, 3.05) is 24.3 Å². The maximum atomic E-state index is 5.76. The molecule has 1 aromatic carbocycles. The first-order valence-electron chi connectivity index (χ1n) is 5.23. The Bertz CT molecular complexity index is 572. The first kappa shape index (κ1) is 11.8. The minimum atomic E-state index is 0.231. The number of methoxy groups -OCH3 is 1. The van der Waals surface area contributed by atoms with E-state index in [1.165, 1.54) is 13.3 Å². The van der Waals surface area contributed by atoms with Crippen molar-refractivity contribution in [3.8, 4) is 17.2 Å². The minimum absolute atomic E-state index is 0.231. The maximum Gasteiger partial charge on any atom is 0.155 e. The lowest BCUT2D eigenvalue weighted by Gasteiger charge is -2.11. The number of hydrogen-bond donors (Lipinski definition) is 3. The minimum Gasteiger partial charge on any atom is -0.494 e. The molecule has 6 N–H and O–H groups in total. The molecule has 0 atom stereocenters. The summed E-state index contributed by atoms with van der Waals surface area (Å²) in [5, 5.41) is 0. The summed E-state index contributed by atoms with van der Waals surface area (Å²) in [6, 6.07) is 6.71. The number of aromatic nitrogens is 1. The van der Waals surface area contributed by atoms with Crippen LogP contribution in [-0.2, 0) is 0 Å². The number of nitrogen functional groups attached to an aromatic ring is 3. The second-order valence-corrected chi connectivity index (χ2v) is 3.61. The zero-order chi connectivity index (χ0) is 13.1. The van der Waals surface area contributed by atoms with Gasteiger partial charge in [-0.15, -0.1) is 0 Å². The molecule has 0 saturated carbocycles. The molecule has 0 aliphatic heterocycles. The lowest BCUT2D eigenvalue weighted by molar-refractivity contribution is 0.411. The summed E-state index contributed by atoms with van der Waals surface area (Å²) in [6.07, 6.45) is 1.52. The van der Waals surface area contributed by atoms with E-state index in [0.717, 1.165) is 0 Å². The molecule has 6 heteroatoms. The van der Waals surface area contributed by atoms with E-state index >= 15 is 0 Å². The molecule has 0 fully saturated rings. The van der Waals surface area contributed by atoms with Gasteiger partial charge in [0.25, 0.3) is 0 Å². The van der Waals surface area contributed by atoms with E-state index in [1.807, 2.05) is 0 Å². The molecular weight excluding hydrogens is 232 g/mol. The van der Waals surface area contributed by atoms with Crippen molar-refractivity contribution >= 4 is 17.2 Å². The van der Waals surface area contributed by atoms with Gasteiger partial charge in [-0.25, -0.2) is 4.98 Å². The molecule has 0 radical (unpaired) electrons. The van der Waals surface area contributed by atoms with Crippen LogP contribution in [0.5, 0.6) is 17.2 Å². The molecule has 1 aromatic heterocycles. The Kier molecular flexibility index (Phi) is 3.09. The van der Waals surface area contributed by atoms with Gasteiger partial charge in [-0.1, -0.05) is 0 Å². The fourth-order valence-electron chi connectivity index (χ4n) is 1.44. The number of hydrogen-bond acceptors (Lipinski definition) is 6. The molecule has 0 saturated heterocycles. The van der Waals surface area contributed by atoms with Crippen molar-refractivity contribution in [2.24, 2.45) is 0 Å². The van der Waals surface area contributed by atoms with Gasteiger partial charge in [-0.2, -0.15) is 0 Å². The summed E-state index contributed by atoms with van der Waals surface area (Å²) in [4.78, 5) is 3.86. The maximum absolute atomic E-state index is 5.76. The largest absolute Gasteiger partial charge is 0.494 e. The summed E-state index contributed by atoms with van der Waals surface area (Å²) in [6.45, 7) is 0. The SMILES string of the molecule is COc1cc(Oc2ccnc(N)c2N)ccc1N. The highest BCUT2D eigenvalue weighted by molar-refractivity contribution is 5.67. The average molecular weight is 246 g/mol. The number of pyridine rings is 1. The number of rotatable bonds is 3. The average Bonchev–Trinajstić information content (AvgIpc) is 2.37. The zero-order valence-corrected chi connectivity index (χ0v) is 9.88. The monoisotopic (exact) mass is 246 g/mol. The van der Waals surface area contributed by atoms with Crippen LogP contribution >= 0.6 is 0 Å². The van der Waals surface area contributed by atoms with Crippen LogP contribution in [-0.4, -0.2) is 12.1 Å². The van der Waals surface area contributed by atoms with Gasteiger partial charge in [0.2, 0.25) is 0 Å². The Morgan fingerprint density at radius 1 is 1.06 bits per heavy atom. The van der Waals surface area contributed by atoms with E-state index in [0.29, 0.717) is 28.6 Å². The molecule has 94 valence electrons. The lowest BCUT2D eigenvalue weighted by Crippen LogP contribution is -2.00. The molecule has 2 aromatic rings. The molecule has 0 bridgehead atoms. The normalized spacial score (nSPS) is 10.1. The number of benzene rings is 1. The number of nitrogens with zero attached hydrogens (tertiary/aromatic N) is 1. The molecule has 0 amide bonds. The molecule has 6 nitrogen and oxygen atoms in total. The highest BCUT2D eigenvalue weighted by Gasteiger charge is 2.07. The number of ether oxygens (including phenoxy) is 2. The molecular formula is C12H14N4O2. The lowest BCUT2D eigenvalue weighted by atomic mass is 10.3. The van der Waals surface area contributed by atoms with E-state index in [1.54, 1.807) is 24.3 Å². The van der Waals surface area contributed by atoms with Crippen molar-refractivity contribution in [3.05, 3.63) is 30.5 Å². The highest BCUT2D eigenvalue weighted by Crippen LogP contribution is 2.33. The first-order chi connectivity index (χ1) is 8.61. The van der Waals surface area contributed by atoms with E-state index in [4.69, 9.17) is 26.7 Å². The Hall–Kier alpha value is -2.63. The standard InChI is InChI=1S/C12H14N4O2/c1-17-10-6-7(2-3-8(10)13)18-9-4-5-16-12(15)11(9)14/h2-6H,13-14H2,1H3,(H2,15,16). The molecule has 0 spiro atoms. The van der Waals surface area contributed by atoms with Crippen LogP contribution in [0, 0.1) is 0 Å². The summed E-state index contributed by atoms with van der Waals surface area (Å²) >= 11 is 0. The van der Waals surface area contributed by atoms with Gasteiger partial charge in [-0.05, 0) is 12.1 Å². The molecule has 2 rings (SSSR count). The summed E-state index contributed by atoms with van der Waals surface area (Å²) in [7, 11) is 1.54. The van der Waals surface area contributed by atoms with Crippen molar-refractivity contribution < 1.29 is 9.47 Å². The Labute approximate surface area is 104 Å². The number of anilines is 3. The van der Waals surface area contributed by atoms with Crippen LogP contribution in [0.2, 0.25) is 0 Å². The second kappa shape index (κ2) is 4.70. The molecule has 0 aliphatic rings. The van der Waals surface area contributed by atoms with E-state index in [2.05, 4.69) is 4.98 Å². The van der Waals surface area contributed by atoms with E-state index in [9.17, 15) is 0 Å². The van der Waals surface area contributed by atoms with Gasteiger partial charge >= 0.3 is 0 Å². The van der Waals surface area contributed by atoms with Crippen LogP contribution in [0.15, 0.2) is 30.5 Å². The third-order valence-electron chi connectivity index (χ3n) is 2.41.